The number of fused-ring (bicyclic) bond motifs is 1. The third kappa shape index (κ3) is 3.70. The number of pyridine rings is 1. The Bertz CT molecular complexity index is 430. The van der Waals surface area contributed by atoms with E-state index in [2.05, 4.69) is 22.8 Å². The van der Waals surface area contributed by atoms with E-state index < -0.39 is 0 Å². The number of nitrogens with zero attached hydrogens (tertiary/aromatic N) is 1. The van der Waals surface area contributed by atoms with E-state index in [4.69, 9.17) is 9.72 Å². The number of nitrogens with one attached hydrogen (secondary N) is 2. The molecule has 2 aliphatic rings. The summed E-state index contributed by atoms with van der Waals surface area (Å²) < 4.78 is 5.84. The van der Waals surface area contributed by atoms with Crippen molar-refractivity contribution in [1.82, 2.24) is 10.3 Å². The fourth-order valence-corrected chi connectivity index (χ4v) is 2.94. The van der Waals surface area contributed by atoms with Gasteiger partial charge in [0.15, 0.2) is 0 Å². The van der Waals surface area contributed by atoms with Crippen LogP contribution in [-0.2, 0) is 17.6 Å². The maximum atomic E-state index is 5.84. The van der Waals surface area contributed by atoms with E-state index in [9.17, 15) is 0 Å². The SMILES string of the molecule is c1cc2c(nc1CCCCOC1CCNC1)NCCC2. The zero-order chi connectivity index (χ0) is 13.6. The van der Waals surface area contributed by atoms with Crippen molar-refractivity contribution in [3.8, 4) is 0 Å². The van der Waals surface area contributed by atoms with Gasteiger partial charge in [-0.05, 0) is 56.7 Å². The molecule has 1 saturated heterocycles. The molecule has 0 amide bonds. The average molecular weight is 275 g/mol. The Balaban J connectivity index is 1.37. The van der Waals surface area contributed by atoms with Crippen LogP contribution in [0.4, 0.5) is 5.82 Å². The van der Waals surface area contributed by atoms with Gasteiger partial charge in [-0.25, -0.2) is 4.98 Å². The molecule has 0 radical (unpaired) electrons. The summed E-state index contributed by atoms with van der Waals surface area (Å²) in [5, 5.41) is 6.73. The predicted molar refractivity (Wildman–Crippen MR) is 81.2 cm³/mol. The van der Waals surface area contributed by atoms with E-state index in [1.165, 1.54) is 24.1 Å². The molecular weight excluding hydrogens is 250 g/mol. The summed E-state index contributed by atoms with van der Waals surface area (Å²) in [4.78, 5) is 4.73. The van der Waals surface area contributed by atoms with E-state index in [0.29, 0.717) is 6.10 Å². The fraction of sp³-hybridized carbons (Fsp3) is 0.688. The first-order valence-electron chi connectivity index (χ1n) is 7.97. The van der Waals surface area contributed by atoms with Gasteiger partial charge in [-0.3, -0.25) is 0 Å². The molecule has 1 fully saturated rings. The Morgan fingerprint density at radius 3 is 3.15 bits per heavy atom. The first-order chi connectivity index (χ1) is 9.92. The lowest BCUT2D eigenvalue weighted by molar-refractivity contribution is 0.0645. The van der Waals surface area contributed by atoms with Gasteiger partial charge in [0, 0.05) is 25.4 Å². The Hall–Kier alpha value is -1.13. The highest BCUT2D eigenvalue weighted by atomic mass is 16.5. The summed E-state index contributed by atoms with van der Waals surface area (Å²) >= 11 is 0. The molecule has 0 bridgehead atoms. The van der Waals surface area contributed by atoms with Crippen LogP contribution in [0.15, 0.2) is 12.1 Å². The second kappa shape index (κ2) is 7.04. The van der Waals surface area contributed by atoms with Crippen molar-refractivity contribution in [3.63, 3.8) is 0 Å². The lowest BCUT2D eigenvalue weighted by Crippen LogP contribution is -2.17. The molecule has 110 valence electrons. The fourth-order valence-electron chi connectivity index (χ4n) is 2.94. The molecule has 3 rings (SSSR count). The highest BCUT2D eigenvalue weighted by Gasteiger charge is 2.14. The van der Waals surface area contributed by atoms with Gasteiger partial charge in [0.2, 0.25) is 0 Å². The molecule has 4 heteroatoms. The number of anilines is 1. The Morgan fingerprint density at radius 1 is 1.25 bits per heavy atom. The van der Waals surface area contributed by atoms with Crippen molar-refractivity contribution >= 4 is 5.82 Å². The maximum absolute atomic E-state index is 5.84. The number of unbranched alkanes of at least 4 members (excludes halogenated alkanes) is 1. The van der Waals surface area contributed by atoms with Crippen molar-refractivity contribution in [2.24, 2.45) is 0 Å². The van der Waals surface area contributed by atoms with Gasteiger partial charge in [-0.2, -0.15) is 0 Å². The van der Waals surface area contributed by atoms with E-state index in [-0.39, 0.29) is 0 Å². The lowest BCUT2D eigenvalue weighted by Gasteiger charge is -2.17. The zero-order valence-corrected chi connectivity index (χ0v) is 12.2. The highest BCUT2D eigenvalue weighted by Crippen LogP contribution is 2.20. The summed E-state index contributed by atoms with van der Waals surface area (Å²) in [6.45, 7) is 4.08. The topological polar surface area (TPSA) is 46.2 Å². The van der Waals surface area contributed by atoms with Crippen LogP contribution in [0.25, 0.3) is 0 Å². The van der Waals surface area contributed by atoms with Crippen LogP contribution >= 0.6 is 0 Å². The number of hydrogen-bond acceptors (Lipinski definition) is 4. The molecule has 2 N–H and O–H groups in total. The zero-order valence-electron chi connectivity index (χ0n) is 12.2. The molecule has 20 heavy (non-hydrogen) atoms. The number of aryl methyl sites for hydroxylation is 2. The van der Waals surface area contributed by atoms with Crippen LogP contribution in [-0.4, -0.2) is 37.3 Å². The summed E-state index contributed by atoms with van der Waals surface area (Å²) in [7, 11) is 0. The number of hydrogen-bond donors (Lipinski definition) is 2. The Kier molecular flexibility index (Phi) is 4.87. The Labute approximate surface area is 121 Å². The molecule has 1 aromatic heterocycles. The normalized spacial score (nSPS) is 21.5. The minimum absolute atomic E-state index is 0.445. The third-order valence-electron chi connectivity index (χ3n) is 4.15. The van der Waals surface area contributed by atoms with Gasteiger partial charge in [0.25, 0.3) is 0 Å². The van der Waals surface area contributed by atoms with Gasteiger partial charge in [-0.15, -0.1) is 0 Å². The van der Waals surface area contributed by atoms with E-state index in [1.54, 1.807) is 0 Å². The molecule has 3 heterocycles. The smallest absolute Gasteiger partial charge is 0.129 e. The van der Waals surface area contributed by atoms with Crippen LogP contribution in [0.2, 0.25) is 0 Å². The van der Waals surface area contributed by atoms with Crippen molar-refractivity contribution in [3.05, 3.63) is 23.4 Å². The van der Waals surface area contributed by atoms with Crippen LogP contribution in [0.1, 0.15) is 36.9 Å². The molecule has 1 aromatic rings. The highest BCUT2D eigenvalue weighted by molar-refractivity contribution is 5.46. The molecule has 0 aromatic carbocycles. The Morgan fingerprint density at radius 2 is 2.25 bits per heavy atom. The van der Waals surface area contributed by atoms with Gasteiger partial charge in [0.05, 0.1) is 6.10 Å². The predicted octanol–water partition coefficient (Wildman–Crippen LogP) is 2.14. The molecule has 1 unspecified atom stereocenters. The summed E-state index contributed by atoms with van der Waals surface area (Å²) in [5.74, 6) is 1.11. The van der Waals surface area contributed by atoms with E-state index >= 15 is 0 Å². The largest absolute Gasteiger partial charge is 0.377 e. The minimum Gasteiger partial charge on any atom is -0.377 e. The summed E-state index contributed by atoms with van der Waals surface area (Å²) in [6.07, 6.45) is 7.34. The maximum Gasteiger partial charge on any atom is 0.129 e. The van der Waals surface area contributed by atoms with Crippen LogP contribution in [0.3, 0.4) is 0 Å². The second-order valence-corrected chi connectivity index (χ2v) is 5.78. The molecule has 0 spiro atoms. The minimum atomic E-state index is 0.445. The standard InChI is InChI=1S/C16H25N3O/c1(2-11-20-15-8-10-17-12-15)5-14-7-6-13-4-3-9-18-16(13)19-14/h6-7,15,17H,1-5,8-12H2,(H,18,19). The molecule has 2 aliphatic heterocycles. The van der Waals surface area contributed by atoms with E-state index in [1.807, 2.05) is 0 Å². The van der Waals surface area contributed by atoms with Gasteiger partial charge in [-0.1, -0.05) is 6.07 Å². The lowest BCUT2D eigenvalue weighted by atomic mass is 10.1. The van der Waals surface area contributed by atoms with Crippen LogP contribution in [0, 0.1) is 0 Å². The quantitative estimate of drug-likeness (QED) is 0.781. The number of ether oxygens (including phenoxy) is 1. The molecule has 4 nitrogen and oxygen atoms in total. The van der Waals surface area contributed by atoms with Crippen LogP contribution < -0.4 is 10.6 Å². The van der Waals surface area contributed by atoms with Crippen molar-refractivity contribution in [2.75, 3.05) is 31.6 Å². The second-order valence-electron chi connectivity index (χ2n) is 5.78. The van der Waals surface area contributed by atoms with Gasteiger partial charge in [0.1, 0.15) is 5.82 Å². The summed E-state index contributed by atoms with van der Waals surface area (Å²) in [5.41, 5.74) is 2.58. The first kappa shape index (κ1) is 13.8. The third-order valence-corrected chi connectivity index (χ3v) is 4.15. The van der Waals surface area contributed by atoms with Crippen molar-refractivity contribution < 1.29 is 4.74 Å². The number of rotatable bonds is 6. The first-order valence-corrected chi connectivity index (χ1v) is 7.97. The van der Waals surface area contributed by atoms with Crippen LogP contribution in [0.5, 0.6) is 0 Å². The van der Waals surface area contributed by atoms with E-state index in [0.717, 1.165) is 57.7 Å². The average Bonchev–Trinajstić information content (AvgIpc) is 3.00. The van der Waals surface area contributed by atoms with Gasteiger partial charge < -0.3 is 15.4 Å². The summed E-state index contributed by atoms with van der Waals surface area (Å²) in [6, 6.07) is 4.43. The van der Waals surface area contributed by atoms with Crippen molar-refractivity contribution in [2.45, 2.75) is 44.6 Å². The van der Waals surface area contributed by atoms with Crippen molar-refractivity contribution in [1.29, 1.82) is 0 Å². The molecular formula is C16H25N3O. The molecule has 0 saturated carbocycles. The van der Waals surface area contributed by atoms with Gasteiger partial charge >= 0.3 is 0 Å². The number of aromatic nitrogens is 1. The molecule has 1 atom stereocenters. The monoisotopic (exact) mass is 275 g/mol. The molecule has 0 aliphatic carbocycles.